The van der Waals surface area contributed by atoms with Crippen molar-refractivity contribution in [1.29, 1.82) is 0 Å². The summed E-state index contributed by atoms with van der Waals surface area (Å²) in [4.78, 5) is 31.7. The van der Waals surface area contributed by atoms with Gasteiger partial charge in [-0.25, -0.2) is 4.39 Å². The number of aromatic hydroxyl groups is 1. The van der Waals surface area contributed by atoms with Crippen LogP contribution in [0.1, 0.15) is 29.6 Å². The van der Waals surface area contributed by atoms with Crippen LogP contribution < -0.4 is 15.7 Å². The van der Waals surface area contributed by atoms with Crippen molar-refractivity contribution < 1.29 is 18.7 Å². The van der Waals surface area contributed by atoms with E-state index in [-0.39, 0.29) is 23.0 Å². The second kappa shape index (κ2) is 11.6. The van der Waals surface area contributed by atoms with Crippen LogP contribution in [0.3, 0.4) is 0 Å². The first-order valence-electron chi connectivity index (χ1n) is 14.0. The zero-order valence-electron chi connectivity index (χ0n) is 22.5. The molecule has 2 bridgehead atoms. The Hall–Kier alpha value is -3.47. The Morgan fingerprint density at radius 2 is 1.70 bits per heavy atom. The molecule has 3 aliphatic heterocycles. The topological polar surface area (TPSA) is 91.4 Å². The van der Waals surface area contributed by atoms with Gasteiger partial charge in [-0.1, -0.05) is 6.07 Å². The van der Waals surface area contributed by atoms with Crippen molar-refractivity contribution in [3.63, 3.8) is 0 Å². The summed E-state index contributed by atoms with van der Waals surface area (Å²) >= 11 is 0. The predicted octanol–water partition coefficient (Wildman–Crippen LogP) is 2.46. The number of ether oxygens (including phenoxy) is 1. The first-order chi connectivity index (χ1) is 19.4. The maximum Gasteiger partial charge on any atom is 0.250 e. The summed E-state index contributed by atoms with van der Waals surface area (Å²) in [7, 11) is 0. The predicted molar refractivity (Wildman–Crippen MR) is 147 cm³/mol. The number of rotatable bonds is 8. The van der Waals surface area contributed by atoms with Crippen LogP contribution in [0.4, 0.5) is 4.39 Å². The molecule has 0 aliphatic carbocycles. The van der Waals surface area contributed by atoms with Crippen LogP contribution in [-0.2, 0) is 19.6 Å². The molecule has 3 aromatic rings. The zero-order valence-corrected chi connectivity index (χ0v) is 22.5. The van der Waals surface area contributed by atoms with E-state index in [1.807, 2.05) is 16.7 Å². The molecule has 2 saturated heterocycles. The van der Waals surface area contributed by atoms with E-state index in [0.29, 0.717) is 42.9 Å². The van der Waals surface area contributed by atoms with Gasteiger partial charge in [-0.2, -0.15) is 0 Å². The molecule has 212 valence electrons. The molecule has 40 heavy (non-hydrogen) atoms. The van der Waals surface area contributed by atoms with Crippen molar-refractivity contribution in [2.45, 2.75) is 32.0 Å². The van der Waals surface area contributed by atoms with Crippen LogP contribution in [-0.4, -0.2) is 76.8 Å². The van der Waals surface area contributed by atoms with Gasteiger partial charge in [-0.05, 0) is 42.7 Å². The van der Waals surface area contributed by atoms with Crippen molar-refractivity contribution >= 4 is 0 Å². The minimum Gasteiger partial charge on any atom is -0.502 e. The molecular formula is C30H35FN4O5. The first kappa shape index (κ1) is 26.7. The van der Waals surface area contributed by atoms with E-state index < -0.39 is 5.43 Å². The third kappa shape index (κ3) is 5.99. The number of fused-ring (bicyclic) bond motifs is 4. The maximum absolute atomic E-state index is 13.0. The van der Waals surface area contributed by atoms with Crippen LogP contribution >= 0.6 is 0 Å². The van der Waals surface area contributed by atoms with Gasteiger partial charge in [-0.3, -0.25) is 24.3 Å². The van der Waals surface area contributed by atoms with E-state index in [1.54, 1.807) is 18.2 Å². The van der Waals surface area contributed by atoms with Gasteiger partial charge in [0.05, 0.1) is 13.1 Å². The third-order valence-electron chi connectivity index (χ3n) is 8.30. The van der Waals surface area contributed by atoms with Crippen LogP contribution in [0.5, 0.6) is 11.5 Å². The van der Waals surface area contributed by atoms with Gasteiger partial charge in [-0.15, -0.1) is 0 Å². The molecule has 5 heterocycles. The lowest BCUT2D eigenvalue weighted by Gasteiger charge is -2.42. The second-order valence-corrected chi connectivity index (χ2v) is 11.2. The lowest BCUT2D eigenvalue weighted by Crippen LogP contribution is -2.47. The molecule has 3 aliphatic rings. The number of hydrogen-bond donors (Lipinski definition) is 1. The first-order valence-corrected chi connectivity index (χ1v) is 14.0. The Morgan fingerprint density at radius 3 is 2.50 bits per heavy atom. The monoisotopic (exact) mass is 550 g/mol. The lowest BCUT2D eigenvalue weighted by atomic mass is 9.83. The molecule has 1 N–H and O–H groups in total. The summed E-state index contributed by atoms with van der Waals surface area (Å²) in [5, 5.41) is 10.5. The molecule has 1 aromatic carbocycles. The fourth-order valence-corrected chi connectivity index (χ4v) is 6.32. The summed E-state index contributed by atoms with van der Waals surface area (Å²) in [6.07, 6.45) is 1.06. The Bertz CT molecular complexity index is 1450. The average molecular weight is 551 g/mol. The van der Waals surface area contributed by atoms with Crippen molar-refractivity contribution in [2.24, 2.45) is 5.92 Å². The number of pyridine rings is 1. The average Bonchev–Trinajstić information content (AvgIpc) is 2.94. The van der Waals surface area contributed by atoms with Crippen LogP contribution in [0, 0.1) is 11.7 Å². The summed E-state index contributed by atoms with van der Waals surface area (Å²) in [5.74, 6) is 1.58. The number of piperazine rings is 1. The Labute approximate surface area is 232 Å². The van der Waals surface area contributed by atoms with Crippen molar-refractivity contribution in [3.8, 4) is 11.5 Å². The maximum atomic E-state index is 13.0. The molecule has 0 radical (unpaired) electrons. The van der Waals surface area contributed by atoms with E-state index in [4.69, 9.17) is 9.15 Å². The van der Waals surface area contributed by atoms with Gasteiger partial charge in [0.2, 0.25) is 11.2 Å². The van der Waals surface area contributed by atoms with Gasteiger partial charge in [0.25, 0.3) is 5.56 Å². The van der Waals surface area contributed by atoms with Crippen LogP contribution in [0.25, 0.3) is 0 Å². The minimum absolute atomic E-state index is 0.0639. The largest absolute Gasteiger partial charge is 0.502 e. The summed E-state index contributed by atoms with van der Waals surface area (Å²) in [6.45, 7) is 7.72. The number of nitrogens with zero attached hydrogens (tertiary/aromatic N) is 4. The van der Waals surface area contributed by atoms with Crippen molar-refractivity contribution in [3.05, 3.63) is 92.1 Å². The molecule has 6 rings (SSSR count). The van der Waals surface area contributed by atoms with Crippen molar-refractivity contribution in [2.75, 3.05) is 52.4 Å². The molecule has 0 unspecified atom stereocenters. The Kier molecular flexibility index (Phi) is 7.73. The third-order valence-corrected chi connectivity index (χ3v) is 8.30. The molecule has 2 atom stereocenters. The molecule has 0 saturated carbocycles. The highest BCUT2D eigenvalue weighted by molar-refractivity contribution is 5.25. The minimum atomic E-state index is -0.415. The summed E-state index contributed by atoms with van der Waals surface area (Å²) < 4.78 is 26.8. The Balaban J connectivity index is 1.03. The van der Waals surface area contributed by atoms with Gasteiger partial charge >= 0.3 is 0 Å². The fourth-order valence-electron chi connectivity index (χ4n) is 6.32. The highest BCUT2D eigenvalue weighted by Crippen LogP contribution is 2.35. The Morgan fingerprint density at radius 1 is 0.925 bits per heavy atom. The zero-order chi connectivity index (χ0) is 27.6. The number of piperidine rings is 1. The highest BCUT2D eigenvalue weighted by atomic mass is 19.1. The molecule has 9 nitrogen and oxygen atoms in total. The smallest absolute Gasteiger partial charge is 0.250 e. The number of likely N-dealkylation sites (tertiary alicyclic amines) is 1. The number of hydrogen-bond acceptors (Lipinski definition) is 8. The van der Waals surface area contributed by atoms with E-state index >= 15 is 0 Å². The summed E-state index contributed by atoms with van der Waals surface area (Å²) in [6, 6.07) is 12.9. The van der Waals surface area contributed by atoms with Crippen LogP contribution in [0.2, 0.25) is 0 Å². The van der Waals surface area contributed by atoms with E-state index in [9.17, 15) is 19.1 Å². The molecular weight excluding hydrogens is 515 g/mol. The fraction of sp³-hybridized carbons (Fsp3) is 0.467. The second-order valence-electron chi connectivity index (χ2n) is 11.2. The summed E-state index contributed by atoms with van der Waals surface area (Å²) in [5.41, 5.74) is 0.735. The molecule has 0 amide bonds. The van der Waals surface area contributed by atoms with E-state index in [2.05, 4.69) is 14.7 Å². The number of halogens is 1. The van der Waals surface area contributed by atoms with E-state index in [1.165, 1.54) is 18.2 Å². The molecule has 0 spiro atoms. The SMILES string of the molecule is O=c1cc(CN2C[C@H]3C[C@@H](C2)c2cccc(=O)n2C3)oc(CN2CCN(CCOc3ccc(F)cc3)CC2)c1O. The molecule has 2 fully saturated rings. The number of benzene rings is 1. The quantitative estimate of drug-likeness (QED) is 0.458. The lowest BCUT2D eigenvalue weighted by molar-refractivity contribution is 0.0975. The number of aromatic nitrogens is 1. The molecule has 10 heteroatoms. The highest BCUT2D eigenvalue weighted by Gasteiger charge is 2.34. The molecule has 2 aromatic heterocycles. The van der Waals surface area contributed by atoms with E-state index in [0.717, 1.165) is 64.5 Å². The normalized spacial score (nSPS) is 21.7. The standard InChI is InChI=1S/C30H35FN4O5/c31-23-4-6-24(7-5-23)39-13-12-32-8-10-33(11-9-32)20-28-30(38)27(36)15-25(40-28)19-34-16-21-14-22(18-34)26-2-1-3-29(37)35(26)17-21/h1-7,15,21-22,38H,8-14,16-20H2/t21-,22+/m1/s1. The van der Waals surface area contributed by atoms with Crippen molar-refractivity contribution in [1.82, 2.24) is 19.3 Å². The van der Waals surface area contributed by atoms with Gasteiger partial charge < -0.3 is 18.8 Å². The van der Waals surface area contributed by atoms with Gasteiger partial charge in [0.15, 0.2) is 5.76 Å². The van der Waals surface area contributed by atoms with Gasteiger partial charge in [0, 0.05) is 76.1 Å². The van der Waals surface area contributed by atoms with Gasteiger partial charge in [0.1, 0.15) is 23.9 Å². The van der Waals surface area contributed by atoms with Crippen LogP contribution in [0.15, 0.2) is 62.5 Å².